The summed E-state index contributed by atoms with van der Waals surface area (Å²) in [6.45, 7) is 2.09. The number of halogens is 1. The fourth-order valence-corrected chi connectivity index (χ4v) is 4.30. The summed E-state index contributed by atoms with van der Waals surface area (Å²) in [5.74, 6) is 0. The molecule has 0 unspecified atom stereocenters. The Morgan fingerprint density at radius 1 is 1.53 bits per heavy atom. The quantitative estimate of drug-likeness (QED) is 0.811. The number of aromatic nitrogens is 4. The van der Waals surface area contributed by atoms with Crippen LogP contribution in [0.25, 0.3) is 0 Å². The van der Waals surface area contributed by atoms with Crippen LogP contribution in [0, 0.1) is 6.92 Å². The molecule has 0 saturated heterocycles. The third-order valence-electron chi connectivity index (χ3n) is 2.44. The molecule has 0 spiro atoms. The van der Waals surface area contributed by atoms with Gasteiger partial charge in [0.1, 0.15) is 0 Å². The molecule has 0 atom stereocenters. The number of sulfonamides is 1. The molecule has 0 aromatic carbocycles. The minimum atomic E-state index is -3.66. The van der Waals surface area contributed by atoms with E-state index in [1.165, 1.54) is 34.4 Å². The van der Waals surface area contributed by atoms with Gasteiger partial charge in [0.15, 0.2) is 4.60 Å². The van der Waals surface area contributed by atoms with Crippen molar-refractivity contribution in [3.63, 3.8) is 0 Å². The van der Waals surface area contributed by atoms with Crippen LogP contribution in [0.4, 0.5) is 0 Å². The molecular formula is C9H12BrN5O2S2. The Labute approximate surface area is 123 Å². The summed E-state index contributed by atoms with van der Waals surface area (Å²) in [6, 6.07) is 0. The van der Waals surface area contributed by atoms with Crippen LogP contribution in [0.1, 0.15) is 10.7 Å². The molecule has 104 valence electrons. The Morgan fingerprint density at radius 2 is 2.21 bits per heavy atom. The molecule has 0 aliphatic rings. The highest BCUT2D eigenvalue weighted by atomic mass is 79.9. The van der Waals surface area contributed by atoms with Gasteiger partial charge >= 0.3 is 0 Å². The van der Waals surface area contributed by atoms with Crippen LogP contribution in [0.5, 0.6) is 0 Å². The van der Waals surface area contributed by atoms with Gasteiger partial charge in [-0.25, -0.2) is 18.1 Å². The van der Waals surface area contributed by atoms with Crippen molar-refractivity contribution < 1.29 is 8.42 Å². The number of hydrogen-bond acceptors (Lipinski definition) is 6. The Balaban J connectivity index is 2.30. The molecule has 0 radical (unpaired) electrons. The predicted octanol–water partition coefficient (Wildman–Crippen LogP) is 1.16. The second-order valence-corrected chi connectivity index (χ2v) is 7.70. The molecule has 0 amide bonds. The smallest absolute Gasteiger partial charge is 0.245 e. The maximum Gasteiger partial charge on any atom is 0.263 e. The maximum atomic E-state index is 12.4. The fourth-order valence-electron chi connectivity index (χ4n) is 1.54. The summed E-state index contributed by atoms with van der Waals surface area (Å²) in [5.41, 5.74) is 0.722. The first-order chi connectivity index (χ1) is 8.82. The Bertz CT molecular complexity index is 674. The standard InChI is InChI=1S/C9H12BrN5O2S2/c1-6-11-7(5-18-6)4-14(2)19(16,17)9-8(10)12-13-15(9)3/h5H,4H2,1-3H3. The van der Waals surface area contributed by atoms with E-state index in [0.29, 0.717) is 0 Å². The number of thiazole rings is 1. The first-order valence-electron chi connectivity index (χ1n) is 5.25. The minimum Gasteiger partial charge on any atom is -0.245 e. The zero-order chi connectivity index (χ0) is 14.2. The molecule has 0 aliphatic heterocycles. The third-order valence-corrected chi connectivity index (χ3v) is 5.96. The SMILES string of the molecule is Cc1nc(CN(C)S(=O)(=O)c2c(Br)nnn2C)cs1. The van der Waals surface area contributed by atoms with Crippen LogP contribution in [0.3, 0.4) is 0 Å². The maximum absolute atomic E-state index is 12.4. The summed E-state index contributed by atoms with van der Waals surface area (Å²) in [4.78, 5) is 4.25. The third kappa shape index (κ3) is 2.86. The predicted molar refractivity (Wildman–Crippen MR) is 74.2 cm³/mol. The average molecular weight is 366 g/mol. The Hall–Kier alpha value is -0.840. The second-order valence-electron chi connectivity index (χ2n) is 3.93. The van der Waals surface area contributed by atoms with Crippen molar-refractivity contribution in [2.24, 2.45) is 7.05 Å². The monoisotopic (exact) mass is 365 g/mol. The minimum absolute atomic E-state index is 0.0296. The van der Waals surface area contributed by atoms with E-state index in [1.54, 1.807) is 0 Å². The van der Waals surface area contributed by atoms with E-state index in [0.717, 1.165) is 10.7 Å². The lowest BCUT2D eigenvalue weighted by atomic mass is 10.5. The highest BCUT2D eigenvalue weighted by Gasteiger charge is 2.28. The summed E-state index contributed by atoms with van der Waals surface area (Å²) < 4.78 is 27.5. The van der Waals surface area contributed by atoms with Crippen LogP contribution in [-0.4, -0.2) is 39.7 Å². The molecule has 0 fully saturated rings. The summed E-state index contributed by atoms with van der Waals surface area (Å²) >= 11 is 4.59. The zero-order valence-corrected chi connectivity index (χ0v) is 13.8. The molecule has 2 heterocycles. The van der Waals surface area contributed by atoms with Crippen molar-refractivity contribution in [1.82, 2.24) is 24.3 Å². The molecular weight excluding hydrogens is 354 g/mol. The molecule has 2 aromatic rings. The van der Waals surface area contributed by atoms with E-state index in [2.05, 4.69) is 31.2 Å². The van der Waals surface area contributed by atoms with Gasteiger partial charge in [0.2, 0.25) is 5.03 Å². The van der Waals surface area contributed by atoms with E-state index in [1.807, 2.05) is 12.3 Å². The Morgan fingerprint density at radius 3 is 2.68 bits per heavy atom. The first-order valence-corrected chi connectivity index (χ1v) is 8.36. The van der Waals surface area contributed by atoms with Crippen molar-refractivity contribution in [1.29, 1.82) is 0 Å². The van der Waals surface area contributed by atoms with Crippen LogP contribution >= 0.6 is 27.3 Å². The topological polar surface area (TPSA) is 81.0 Å². The lowest BCUT2D eigenvalue weighted by Gasteiger charge is -2.15. The van der Waals surface area contributed by atoms with Crippen LogP contribution in [0.15, 0.2) is 15.0 Å². The van der Waals surface area contributed by atoms with Crippen molar-refractivity contribution in [3.8, 4) is 0 Å². The van der Waals surface area contributed by atoms with Gasteiger partial charge in [-0.3, -0.25) is 0 Å². The number of rotatable bonds is 4. The van der Waals surface area contributed by atoms with Gasteiger partial charge in [-0.15, -0.1) is 16.4 Å². The van der Waals surface area contributed by atoms with Gasteiger partial charge in [-0.2, -0.15) is 4.31 Å². The van der Waals surface area contributed by atoms with E-state index >= 15 is 0 Å². The molecule has 0 aliphatic carbocycles. The summed E-state index contributed by atoms with van der Waals surface area (Å²) in [6.07, 6.45) is 0. The number of hydrogen-bond donors (Lipinski definition) is 0. The lowest BCUT2D eigenvalue weighted by molar-refractivity contribution is 0.453. The van der Waals surface area contributed by atoms with Crippen molar-refractivity contribution in [3.05, 3.63) is 20.7 Å². The van der Waals surface area contributed by atoms with Gasteiger partial charge < -0.3 is 0 Å². The van der Waals surface area contributed by atoms with Gasteiger partial charge in [0.25, 0.3) is 10.0 Å². The Kier molecular flexibility index (Phi) is 4.04. The van der Waals surface area contributed by atoms with E-state index in [4.69, 9.17) is 0 Å². The average Bonchev–Trinajstić information content (AvgIpc) is 2.85. The van der Waals surface area contributed by atoms with Crippen LogP contribution in [-0.2, 0) is 23.6 Å². The molecule has 7 nitrogen and oxygen atoms in total. The van der Waals surface area contributed by atoms with Gasteiger partial charge in [0.05, 0.1) is 17.2 Å². The highest BCUT2D eigenvalue weighted by molar-refractivity contribution is 9.10. The molecule has 2 rings (SSSR count). The van der Waals surface area contributed by atoms with Crippen molar-refractivity contribution in [2.75, 3.05) is 7.05 Å². The molecule has 10 heteroatoms. The molecule has 19 heavy (non-hydrogen) atoms. The van der Waals surface area contributed by atoms with Gasteiger partial charge in [-0.1, -0.05) is 5.21 Å². The summed E-state index contributed by atoms with van der Waals surface area (Å²) in [5, 5.41) is 10.1. The molecule has 0 N–H and O–H groups in total. The molecule has 2 aromatic heterocycles. The number of aryl methyl sites for hydroxylation is 2. The number of nitrogens with zero attached hydrogens (tertiary/aromatic N) is 5. The van der Waals surface area contributed by atoms with E-state index < -0.39 is 10.0 Å². The lowest BCUT2D eigenvalue weighted by Crippen LogP contribution is -2.28. The van der Waals surface area contributed by atoms with Crippen molar-refractivity contribution in [2.45, 2.75) is 18.5 Å². The zero-order valence-electron chi connectivity index (χ0n) is 10.5. The van der Waals surface area contributed by atoms with Crippen LogP contribution < -0.4 is 0 Å². The summed E-state index contributed by atoms with van der Waals surface area (Å²) in [7, 11) is -0.620. The molecule has 0 saturated carbocycles. The van der Waals surface area contributed by atoms with Crippen molar-refractivity contribution >= 4 is 37.3 Å². The first kappa shape index (κ1) is 14.6. The fraction of sp³-hybridized carbons (Fsp3) is 0.444. The largest absolute Gasteiger partial charge is 0.263 e. The van der Waals surface area contributed by atoms with E-state index in [9.17, 15) is 8.42 Å². The molecule has 0 bridgehead atoms. The normalized spacial score (nSPS) is 12.3. The van der Waals surface area contributed by atoms with Gasteiger partial charge in [0, 0.05) is 19.5 Å². The van der Waals surface area contributed by atoms with Crippen LogP contribution in [0.2, 0.25) is 0 Å². The van der Waals surface area contributed by atoms with Gasteiger partial charge in [-0.05, 0) is 22.9 Å². The van der Waals surface area contributed by atoms with E-state index in [-0.39, 0.29) is 16.2 Å². The second kappa shape index (κ2) is 5.27. The highest BCUT2D eigenvalue weighted by Crippen LogP contribution is 2.22.